The van der Waals surface area contributed by atoms with Crippen molar-refractivity contribution in [3.8, 4) is 50.6 Å². The van der Waals surface area contributed by atoms with E-state index < -0.39 is 0 Å². The molecule has 0 radical (unpaired) electrons. The zero-order chi connectivity index (χ0) is 32.6. The smallest absolute Gasteiger partial charge is 0.118 e. The van der Waals surface area contributed by atoms with Crippen molar-refractivity contribution in [1.82, 2.24) is 19.9 Å². The van der Waals surface area contributed by atoms with Gasteiger partial charge in [0.15, 0.2) is 0 Å². The second-order valence-corrected chi connectivity index (χ2v) is 11.5. The Hall–Kier alpha value is -6.34. The van der Waals surface area contributed by atoms with Crippen LogP contribution in [0.25, 0.3) is 79.8 Å². The lowest BCUT2D eigenvalue weighted by molar-refractivity contribution is 0.415. The van der Waals surface area contributed by atoms with Gasteiger partial charge in [0.2, 0.25) is 0 Å². The molecule has 0 saturated carbocycles. The van der Waals surface area contributed by atoms with Crippen LogP contribution in [-0.4, -0.2) is 41.3 Å². The fraction of sp³-hybridized carbons (Fsp3) is 0.0732. The molecule has 3 aromatic heterocycles. The first-order valence-corrected chi connectivity index (χ1v) is 15.7. The number of rotatable bonds is 6. The minimum absolute atomic E-state index is 0.784. The van der Waals surface area contributed by atoms with Crippen molar-refractivity contribution in [3.63, 3.8) is 0 Å². The molecule has 7 heteroatoms. The fourth-order valence-corrected chi connectivity index (χ4v) is 6.32. The Morgan fingerprint density at radius 2 is 0.729 bits per heavy atom. The van der Waals surface area contributed by atoms with Crippen LogP contribution < -0.4 is 14.2 Å². The van der Waals surface area contributed by atoms with Crippen LogP contribution in [0.5, 0.6) is 17.2 Å². The molecule has 2 aliphatic rings. The summed E-state index contributed by atoms with van der Waals surface area (Å²) in [7, 11) is 5.03. The third-order valence-electron chi connectivity index (χ3n) is 8.71. The summed E-state index contributed by atoms with van der Waals surface area (Å²) in [6.45, 7) is 0. The van der Waals surface area contributed by atoms with Gasteiger partial charge in [-0.3, -0.25) is 0 Å². The highest BCUT2D eigenvalue weighted by atomic mass is 16.5. The summed E-state index contributed by atoms with van der Waals surface area (Å²) in [5, 5.41) is 0. The average Bonchev–Trinajstić information content (AvgIpc) is 3.97. The summed E-state index contributed by atoms with van der Waals surface area (Å²) in [5.41, 5.74) is 13.1. The van der Waals surface area contributed by atoms with E-state index in [1.165, 1.54) is 0 Å². The van der Waals surface area contributed by atoms with Gasteiger partial charge in [-0.1, -0.05) is 36.4 Å². The van der Waals surface area contributed by atoms with Gasteiger partial charge in [-0.15, -0.1) is 0 Å². The standard InChI is InChI=1S/C41H32N4O3/c1-46-30-12-4-25(5-13-30)39-33-18-10-28(42-33)24-29-11-19-34(43-29)40(26-6-14-31(47-2)15-7-26)36-21-23-38(45-36)41(37-22-20-35(39)44-37)27-8-16-32(48-3)17-9-27/h4-24,42-43H,1-3H3. The Morgan fingerprint density at radius 1 is 0.396 bits per heavy atom. The van der Waals surface area contributed by atoms with E-state index in [0.717, 1.165) is 95.5 Å². The summed E-state index contributed by atoms with van der Waals surface area (Å²) >= 11 is 0. The first-order valence-electron chi connectivity index (χ1n) is 15.7. The molecule has 0 aliphatic carbocycles. The number of aromatic nitrogens is 4. The van der Waals surface area contributed by atoms with Crippen LogP contribution >= 0.6 is 0 Å². The summed E-state index contributed by atoms with van der Waals surface area (Å²) in [4.78, 5) is 17.9. The van der Waals surface area contributed by atoms with E-state index in [1.807, 2.05) is 36.4 Å². The number of hydrogen-bond acceptors (Lipinski definition) is 5. The van der Waals surface area contributed by atoms with Gasteiger partial charge < -0.3 is 24.2 Å². The molecular formula is C41H32N4O3. The van der Waals surface area contributed by atoms with E-state index in [4.69, 9.17) is 24.2 Å². The predicted molar refractivity (Wildman–Crippen MR) is 195 cm³/mol. The molecule has 7 nitrogen and oxygen atoms in total. The van der Waals surface area contributed by atoms with Gasteiger partial charge in [0, 0.05) is 38.8 Å². The number of nitrogens with one attached hydrogen (secondary N) is 2. The number of fused-ring (bicyclic) bond motifs is 8. The number of benzene rings is 3. The monoisotopic (exact) mass is 628 g/mol. The Bertz CT molecular complexity index is 2240. The molecule has 2 aliphatic heterocycles. The van der Waals surface area contributed by atoms with E-state index in [2.05, 4.69) is 101 Å². The van der Waals surface area contributed by atoms with Gasteiger partial charge in [0.25, 0.3) is 0 Å². The number of ether oxygens (including phenoxy) is 3. The quantitative estimate of drug-likeness (QED) is 0.192. The summed E-state index contributed by atoms with van der Waals surface area (Å²) in [6.07, 6.45) is 8.31. The zero-order valence-electron chi connectivity index (χ0n) is 26.7. The third kappa shape index (κ3) is 5.31. The largest absolute Gasteiger partial charge is 0.497 e. The Labute approximate surface area is 277 Å². The molecule has 0 spiro atoms. The van der Waals surface area contributed by atoms with Crippen LogP contribution in [-0.2, 0) is 0 Å². The highest BCUT2D eigenvalue weighted by molar-refractivity contribution is 5.96. The van der Waals surface area contributed by atoms with Gasteiger partial charge in [-0.05, 0) is 108 Å². The molecule has 0 fully saturated rings. The normalized spacial score (nSPS) is 11.9. The molecule has 2 N–H and O–H groups in total. The molecule has 0 saturated heterocycles. The molecule has 234 valence electrons. The maximum atomic E-state index is 5.48. The second-order valence-electron chi connectivity index (χ2n) is 11.5. The van der Waals surface area contributed by atoms with Crippen molar-refractivity contribution in [1.29, 1.82) is 0 Å². The predicted octanol–water partition coefficient (Wildman–Crippen LogP) is 9.68. The molecule has 6 aromatic rings. The van der Waals surface area contributed by atoms with Crippen molar-refractivity contribution in [2.75, 3.05) is 21.3 Å². The average molecular weight is 629 g/mol. The number of H-pyrrole nitrogens is 2. The van der Waals surface area contributed by atoms with Gasteiger partial charge in [-0.25, -0.2) is 9.97 Å². The molecular weight excluding hydrogens is 596 g/mol. The molecule has 3 aromatic carbocycles. The number of nitrogens with zero attached hydrogens (tertiary/aromatic N) is 2. The topological polar surface area (TPSA) is 85.1 Å². The van der Waals surface area contributed by atoms with Gasteiger partial charge in [0.1, 0.15) is 17.2 Å². The third-order valence-corrected chi connectivity index (χ3v) is 8.71. The lowest BCUT2D eigenvalue weighted by Crippen LogP contribution is -1.91. The lowest BCUT2D eigenvalue weighted by atomic mass is 10.0. The Balaban J connectivity index is 1.49. The van der Waals surface area contributed by atoms with E-state index in [-0.39, 0.29) is 0 Å². The number of hydrogen-bond donors (Lipinski definition) is 2. The highest BCUT2D eigenvalue weighted by Gasteiger charge is 2.19. The Morgan fingerprint density at radius 3 is 1.08 bits per heavy atom. The second kappa shape index (κ2) is 12.1. The number of methoxy groups -OCH3 is 3. The van der Waals surface area contributed by atoms with Crippen molar-refractivity contribution >= 4 is 46.4 Å². The van der Waals surface area contributed by atoms with Crippen molar-refractivity contribution in [3.05, 3.63) is 126 Å². The minimum atomic E-state index is 0.784. The van der Waals surface area contributed by atoms with Crippen LogP contribution in [0, 0.1) is 0 Å². The van der Waals surface area contributed by atoms with Gasteiger partial charge in [-0.2, -0.15) is 0 Å². The van der Waals surface area contributed by atoms with Crippen LogP contribution in [0.3, 0.4) is 0 Å². The molecule has 48 heavy (non-hydrogen) atoms. The van der Waals surface area contributed by atoms with Crippen molar-refractivity contribution in [2.24, 2.45) is 0 Å². The molecule has 5 heterocycles. The van der Waals surface area contributed by atoms with E-state index in [9.17, 15) is 0 Å². The van der Waals surface area contributed by atoms with Crippen LogP contribution in [0.15, 0.2) is 103 Å². The van der Waals surface area contributed by atoms with E-state index >= 15 is 0 Å². The molecule has 8 rings (SSSR count). The maximum Gasteiger partial charge on any atom is 0.118 e. The first kappa shape index (κ1) is 29.1. The molecule has 0 unspecified atom stereocenters. The highest BCUT2D eigenvalue weighted by Crippen LogP contribution is 2.37. The summed E-state index contributed by atoms with van der Waals surface area (Å²) < 4.78 is 16.4. The van der Waals surface area contributed by atoms with Crippen molar-refractivity contribution in [2.45, 2.75) is 0 Å². The van der Waals surface area contributed by atoms with Crippen LogP contribution in [0.2, 0.25) is 0 Å². The number of aromatic amines is 2. The fourth-order valence-electron chi connectivity index (χ4n) is 6.32. The van der Waals surface area contributed by atoms with Gasteiger partial charge in [0.05, 0.1) is 44.1 Å². The van der Waals surface area contributed by atoms with Crippen LogP contribution in [0.1, 0.15) is 22.8 Å². The first-order chi connectivity index (χ1) is 23.6. The molecule has 8 bridgehead atoms. The molecule has 0 amide bonds. The van der Waals surface area contributed by atoms with Gasteiger partial charge >= 0.3 is 0 Å². The summed E-state index contributed by atoms with van der Waals surface area (Å²) in [6, 6.07) is 34.7. The molecule has 0 atom stereocenters. The summed E-state index contributed by atoms with van der Waals surface area (Å²) in [5.74, 6) is 2.38. The van der Waals surface area contributed by atoms with Crippen molar-refractivity contribution < 1.29 is 14.2 Å². The Kier molecular flexibility index (Phi) is 7.34. The van der Waals surface area contributed by atoms with E-state index in [1.54, 1.807) is 21.3 Å². The SMILES string of the molecule is COc1ccc(-c2c3nc(c(-c4ccc(OC)cc4)c4ccc(cc5ccc([nH]5)c(-c5ccc(OC)cc5)c5nc2C=C5)[nH]4)C=C3)cc1. The van der Waals surface area contributed by atoms with E-state index in [0.29, 0.717) is 0 Å². The van der Waals surface area contributed by atoms with Crippen LogP contribution in [0.4, 0.5) is 0 Å². The lowest BCUT2D eigenvalue weighted by Gasteiger charge is -2.08. The minimum Gasteiger partial charge on any atom is -0.497 e. The maximum absolute atomic E-state index is 5.48. The zero-order valence-corrected chi connectivity index (χ0v) is 26.7.